The van der Waals surface area contributed by atoms with Gasteiger partial charge in [-0.25, -0.2) is 4.79 Å². The maximum atomic E-state index is 12.5. The Kier molecular flexibility index (Phi) is 5.16. The molecule has 0 bridgehead atoms. The van der Waals surface area contributed by atoms with Crippen LogP contribution in [0.15, 0.2) is 24.3 Å². The molecule has 1 N–H and O–H groups in total. The first kappa shape index (κ1) is 17.8. The van der Waals surface area contributed by atoms with E-state index in [1.54, 1.807) is 31.2 Å². The van der Waals surface area contributed by atoms with Crippen molar-refractivity contribution >= 4 is 17.8 Å². The molecule has 1 aromatic carbocycles. The molecule has 1 aliphatic heterocycles. The summed E-state index contributed by atoms with van der Waals surface area (Å²) >= 11 is 0. The Morgan fingerprint density at radius 2 is 1.77 bits per heavy atom. The Labute approximate surface area is 151 Å². The number of fused-ring (bicyclic) bond motifs is 1. The van der Waals surface area contributed by atoms with Gasteiger partial charge >= 0.3 is 5.97 Å². The van der Waals surface area contributed by atoms with Gasteiger partial charge in [-0.2, -0.15) is 5.10 Å². The molecular weight excluding hydrogens is 334 g/mol. The molecule has 0 atom stereocenters. The molecule has 0 saturated carbocycles. The Morgan fingerprint density at radius 1 is 1.12 bits per heavy atom. The van der Waals surface area contributed by atoms with Gasteiger partial charge in [0.25, 0.3) is 11.8 Å². The quantitative estimate of drug-likeness (QED) is 0.608. The first-order valence-corrected chi connectivity index (χ1v) is 8.76. The predicted molar refractivity (Wildman–Crippen MR) is 94.1 cm³/mol. The van der Waals surface area contributed by atoms with Crippen LogP contribution in [0.3, 0.4) is 0 Å². The van der Waals surface area contributed by atoms with Crippen LogP contribution >= 0.6 is 0 Å². The van der Waals surface area contributed by atoms with Gasteiger partial charge in [0, 0.05) is 12.1 Å². The number of nitrogens with zero attached hydrogens (tertiary/aromatic N) is 2. The molecule has 0 aliphatic carbocycles. The molecule has 26 heavy (non-hydrogen) atoms. The fraction of sp³-hybridized carbons (Fsp3) is 0.368. The van der Waals surface area contributed by atoms with Gasteiger partial charge in [-0.15, -0.1) is 0 Å². The number of hydrogen-bond donors (Lipinski definition) is 1. The van der Waals surface area contributed by atoms with E-state index in [1.807, 2.05) is 6.92 Å². The van der Waals surface area contributed by atoms with Gasteiger partial charge in [0.1, 0.15) is 5.69 Å². The molecule has 0 spiro atoms. The molecule has 136 valence electrons. The van der Waals surface area contributed by atoms with Crippen molar-refractivity contribution in [2.24, 2.45) is 0 Å². The summed E-state index contributed by atoms with van der Waals surface area (Å²) in [5.41, 5.74) is 2.62. The molecule has 1 aliphatic rings. The number of nitrogens with one attached hydrogen (secondary N) is 1. The average Bonchev–Trinajstić information content (AvgIpc) is 3.14. The van der Waals surface area contributed by atoms with E-state index in [0.29, 0.717) is 35.2 Å². The lowest BCUT2D eigenvalue weighted by Gasteiger charge is -2.14. The summed E-state index contributed by atoms with van der Waals surface area (Å²) < 4.78 is 5.07. The Balaban J connectivity index is 1.81. The predicted octanol–water partition coefficient (Wildman–Crippen LogP) is 2.38. The third-order valence-electron chi connectivity index (χ3n) is 4.38. The molecule has 2 heterocycles. The van der Waals surface area contributed by atoms with Gasteiger partial charge in [0.2, 0.25) is 0 Å². The van der Waals surface area contributed by atoms with Crippen molar-refractivity contribution in [3.05, 3.63) is 52.3 Å². The van der Waals surface area contributed by atoms with E-state index in [4.69, 9.17) is 4.74 Å². The lowest BCUT2D eigenvalue weighted by Crippen LogP contribution is -2.32. The number of ether oxygens (including phenoxy) is 1. The summed E-state index contributed by atoms with van der Waals surface area (Å²) in [4.78, 5) is 38.3. The summed E-state index contributed by atoms with van der Waals surface area (Å²) in [7, 11) is 0. The van der Waals surface area contributed by atoms with Gasteiger partial charge in [-0.1, -0.05) is 25.5 Å². The van der Waals surface area contributed by atoms with Crippen molar-refractivity contribution in [1.29, 1.82) is 0 Å². The number of aryl methyl sites for hydroxylation is 1. The largest absolute Gasteiger partial charge is 0.461 e. The van der Waals surface area contributed by atoms with Gasteiger partial charge in [-0.05, 0) is 31.9 Å². The fourth-order valence-electron chi connectivity index (χ4n) is 3.15. The van der Waals surface area contributed by atoms with E-state index < -0.39 is 5.97 Å². The first-order valence-electron chi connectivity index (χ1n) is 8.76. The first-order chi connectivity index (χ1) is 12.6. The van der Waals surface area contributed by atoms with Crippen molar-refractivity contribution in [1.82, 2.24) is 15.1 Å². The van der Waals surface area contributed by atoms with Crippen LogP contribution in [0.25, 0.3) is 0 Å². The second kappa shape index (κ2) is 7.51. The number of aromatic amines is 1. The number of amides is 2. The monoisotopic (exact) mass is 355 g/mol. The maximum Gasteiger partial charge on any atom is 0.356 e. The third-order valence-corrected chi connectivity index (χ3v) is 4.38. The van der Waals surface area contributed by atoms with Crippen LogP contribution in [0, 0.1) is 0 Å². The minimum atomic E-state index is -0.472. The highest BCUT2D eigenvalue weighted by atomic mass is 16.5. The third kappa shape index (κ3) is 3.12. The zero-order valence-corrected chi connectivity index (χ0v) is 14.9. The van der Waals surface area contributed by atoms with E-state index in [1.165, 1.54) is 4.90 Å². The Bertz CT molecular complexity index is 821. The molecule has 3 rings (SSSR count). The SMILES string of the molecule is CCCc1n[nH]c(C(=O)OCC)c1CCN1C(=O)c2ccccc2C1=O. The van der Waals surface area contributed by atoms with Gasteiger partial charge in [0.15, 0.2) is 0 Å². The minimum Gasteiger partial charge on any atom is -0.461 e. The normalized spacial score (nSPS) is 13.2. The highest BCUT2D eigenvalue weighted by molar-refractivity contribution is 6.21. The highest BCUT2D eigenvalue weighted by Crippen LogP contribution is 2.24. The number of rotatable bonds is 7. The molecule has 7 nitrogen and oxygen atoms in total. The number of H-pyrrole nitrogens is 1. The molecule has 7 heteroatoms. The lowest BCUT2D eigenvalue weighted by molar-refractivity contribution is 0.0518. The Morgan fingerprint density at radius 3 is 2.35 bits per heavy atom. The average molecular weight is 355 g/mol. The topological polar surface area (TPSA) is 92.4 Å². The summed E-state index contributed by atoms with van der Waals surface area (Å²) in [5.74, 6) is -1.08. The smallest absolute Gasteiger partial charge is 0.356 e. The van der Waals surface area contributed by atoms with E-state index in [9.17, 15) is 14.4 Å². The number of esters is 1. The van der Waals surface area contributed by atoms with Crippen molar-refractivity contribution in [2.45, 2.75) is 33.1 Å². The number of imide groups is 1. The molecule has 0 saturated heterocycles. The second-order valence-corrected chi connectivity index (χ2v) is 6.05. The van der Waals surface area contributed by atoms with Crippen LogP contribution in [0.5, 0.6) is 0 Å². The molecule has 0 radical (unpaired) electrons. The van der Waals surface area contributed by atoms with E-state index >= 15 is 0 Å². The summed E-state index contributed by atoms with van der Waals surface area (Å²) in [5, 5.41) is 6.96. The summed E-state index contributed by atoms with van der Waals surface area (Å²) in [6.07, 6.45) is 1.92. The van der Waals surface area contributed by atoms with Crippen LogP contribution in [0.1, 0.15) is 62.7 Å². The number of benzene rings is 1. The van der Waals surface area contributed by atoms with Gasteiger partial charge in [0.05, 0.1) is 23.4 Å². The van der Waals surface area contributed by atoms with E-state index in [-0.39, 0.29) is 25.0 Å². The molecule has 2 amide bonds. The van der Waals surface area contributed by atoms with Crippen LogP contribution < -0.4 is 0 Å². The number of carbonyl (C=O) groups excluding carboxylic acids is 3. The van der Waals surface area contributed by atoms with Gasteiger partial charge in [-0.3, -0.25) is 19.6 Å². The van der Waals surface area contributed by atoms with Crippen LogP contribution in [0.2, 0.25) is 0 Å². The molecule has 0 unspecified atom stereocenters. The maximum absolute atomic E-state index is 12.5. The van der Waals surface area contributed by atoms with Crippen molar-refractivity contribution in [3.63, 3.8) is 0 Å². The summed E-state index contributed by atoms with van der Waals surface area (Å²) in [6.45, 7) is 4.21. The standard InChI is InChI=1S/C19H21N3O4/c1-3-7-15-14(16(21-20-15)19(25)26-4-2)10-11-22-17(23)12-8-5-6-9-13(12)18(22)24/h5-6,8-9H,3-4,7,10-11H2,1-2H3,(H,20,21). The number of hydrogen-bond acceptors (Lipinski definition) is 5. The van der Waals surface area contributed by atoms with Crippen molar-refractivity contribution in [2.75, 3.05) is 13.2 Å². The number of aromatic nitrogens is 2. The number of carbonyl (C=O) groups is 3. The highest BCUT2D eigenvalue weighted by Gasteiger charge is 2.35. The van der Waals surface area contributed by atoms with E-state index in [2.05, 4.69) is 10.2 Å². The zero-order chi connectivity index (χ0) is 18.7. The van der Waals surface area contributed by atoms with Gasteiger partial charge < -0.3 is 4.74 Å². The Hall–Kier alpha value is -2.96. The lowest BCUT2D eigenvalue weighted by atomic mass is 10.1. The van der Waals surface area contributed by atoms with Crippen molar-refractivity contribution in [3.8, 4) is 0 Å². The molecule has 1 aromatic heterocycles. The molecule has 2 aromatic rings. The van der Waals surface area contributed by atoms with Crippen LogP contribution in [0.4, 0.5) is 0 Å². The fourth-order valence-corrected chi connectivity index (χ4v) is 3.15. The van der Waals surface area contributed by atoms with E-state index in [0.717, 1.165) is 12.1 Å². The minimum absolute atomic E-state index is 0.189. The summed E-state index contributed by atoms with van der Waals surface area (Å²) in [6, 6.07) is 6.78. The zero-order valence-electron chi connectivity index (χ0n) is 14.9. The second-order valence-electron chi connectivity index (χ2n) is 6.05. The van der Waals surface area contributed by atoms with Crippen LogP contribution in [-0.2, 0) is 17.6 Å². The van der Waals surface area contributed by atoms with Crippen molar-refractivity contribution < 1.29 is 19.1 Å². The van der Waals surface area contributed by atoms with Crippen LogP contribution in [-0.4, -0.2) is 46.0 Å². The molecule has 0 fully saturated rings. The molecular formula is C19H21N3O4.